The minimum Gasteiger partial charge on any atom is -0.507 e. The molecule has 0 atom stereocenters. The molecule has 0 saturated heterocycles. The van der Waals surface area contributed by atoms with Crippen LogP contribution in [0, 0.1) is 18.3 Å². The van der Waals surface area contributed by atoms with Gasteiger partial charge in [0, 0.05) is 6.42 Å². The van der Waals surface area contributed by atoms with E-state index in [1.165, 1.54) is 0 Å². The smallest absolute Gasteiger partial charge is 0.122 e. The van der Waals surface area contributed by atoms with Gasteiger partial charge >= 0.3 is 0 Å². The van der Waals surface area contributed by atoms with E-state index in [1.54, 1.807) is 0 Å². The van der Waals surface area contributed by atoms with E-state index in [2.05, 4.69) is 6.07 Å². The molecule has 0 spiro atoms. The number of rotatable bonds is 2. The molecule has 0 aliphatic rings. The number of phenolic OH excluding ortho intramolecular Hbond substituents is 1. The van der Waals surface area contributed by atoms with Gasteiger partial charge in [0.05, 0.1) is 5.56 Å². The largest absolute Gasteiger partial charge is 0.507 e. The van der Waals surface area contributed by atoms with Gasteiger partial charge in [-0.25, -0.2) is 0 Å². The van der Waals surface area contributed by atoms with E-state index in [0.717, 1.165) is 27.5 Å². The Kier molecular flexibility index (Phi) is 3.33. The first kappa shape index (κ1) is 13.2. The molecular formula is C19H15NO. The predicted octanol–water partition coefficient (Wildman–Crippen LogP) is 4.32. The Morgan fingerprint density at radius 3 is 2.57 bits per heavy atom. The van der Waals surface area contributed by atoms with Gasteiger partial charge in [0.15, 0.2) is 0 Å². The summed E-state index contributed by atoms with van der Waals surface area (Å²) in [5.41, 5.74) is 3.33. The summed E-state index contributed by atoms with van der Waals surface area (Å²) >= 11 is 0. The second-order valence-corrected chi connectivity index (χ2v) is 5.19. The third-order valence-electron chi connectivity index (χ3n) is 3.83. The summed E-state index contributed by atoms with van der Waals surface area (Å²) in [5, 5.41) is 21.7. The van der Waals surface area contributed by atoms with Crippen molar-refractivity contribution in [1.29, 1.82) is 5.26 Å². The fourth-order valence-electron chi connectivity index (χ4n) is 2.66. The molecular weight excluding hydrogens is 258 g/mol. The van der Waals surface area contributed by atoms with E-state index in [1.807, 2.05) is 61.5 Å². The Bertz CT molecular complexity index is 859. The van der Waals surface area contributed by atoms with Gasteiger partial charge in [-0.05, 0) is 34.4 Å². The zero-order valence-electron chi connectivity index (χ0n) is 11.8. The summed E-state index contributed by atoms with van der Waals surface area (Å²) in [6, 6.07) is 19.9. The lowest BCUT2D eigenvalue weighted by molar-refractivity contribution is 0.465. The van der Waals surface area contributed by atoms with Gasteiger partial charge in [-0.3, -0.25) is 0 Å². The Morgan fingerprint density at radius 1 is 0.952 bits per heavy atom. The van der Waals surface area contributed by atoms with Crippen molar-refractivity contribution in [3.05, 3.63) is 76.9 Å². The topological polar surface area (TPSA) is 44.0 Å². The molecule has 0 aromatic heterocycles. The Labute approximate surface area is 123 Å². The lowest BCUT2D eigenvalue weighted by Gasteiger charge is -2.10. The number of benzene rings is 3. The highest BCUT2D eigenvalue weighted by atomic mass is 16.3. The maximum absolute atomic E-state index is 10.2. The minimum atomic E-state index is 0.314. The highest BCUT2D eigenvalue weighted by Crippen LogP contribution is 2.28. The van der Waals surface area contributed by atoms with Crippen LogP contribution in [0.15, 0.2) is 54.6 Å². The van der Waals surface area contributed by atoms with Crippen LogP contribution >= 0.6 is 0 Å². The number of hydrogen-bond donors (Lipinski definition) is 1. The number of nitrogens with zero attached hydrogens (tertiary/aromatic N) is 1. The lowest BCUT2D eigenvalue weighted by atomic mass is 9.94. The van der Waals surface area contributed by atoms with Crippen molar-refractivity contribution in [2.75, 3.05) is 0 Å². The molecule has 2 heteroatoms. The summed E-state index contributed by atoms with van der Waals surface area (Å²) in [7, 11) is 0. The molecule has 0 fully saturated rings. The van der Waals surface area contributed by atoms with Crippen LogP contribution in [0.25, 0.3) is 10.8 Å². The molecule has 1 N–H and O–H groups in total. The zero-order chi connectivity index (χ0) is 14.8. The molecule has 0 aliphatic carbocycles. The average molecular weight is 273 g/mol. The van der Waals surface area contributed by atoms with E-state index in [-0.39, 0.29) is 0 Å². The van der Waals surface area contributed by atoms with E-state index in [4.69, 9.17) is 0 Å². The molecule has 2 nitrogen and oxygen atoms in total. The van der Waals surface area contributed by atoms with Gasteiger partial charge in [0.1, 0.15) is 11.8 Å². The molecule has 0 heterocycles. The number of aryl methyl sites for hydroxylation is 1. The zero-order valence-corrected chi connectivity index (χ0v) is 11.8. The van der Waals surface area contributed by atoms with Crippen molar-refractivity contribution in [2.45, 2.75) is 13.3 Å². The molecule has 0 bridgehead atoms. The van der Waals surface area contributed by atoms with Crippen LogP contribution < -0.4 is 0 Å². The molecule has 3 rings (SSSR count). The molecule has 0 unspecified atom stereocenters. The van der Waals surface area contributed by atoms with Gasteiger partial charge in [0.25, 0.3) is 0 Å². The molecule has 21 heavy (non-hydrogen) atoms. The van der Waals surface area contributed by atoms with Crippen LogP contribution in [0.2, 0.25) is 0 Å². The summed E-state index contributed by atoms with van der Waals surface area (Å²) in [4.78, 5) is 0. The number of phenols is 1. The molecule has 0 amide bonds. The van der Waals surface area contributed by atoms with Gasteiger partial charge in [-0.2, -0.15) is 5.26 Å². The standard InChI is InChI=1S/C19H15NO/c1-13-5-4-7-16(19(13)21)11-15-10-9-14-6-2-3-8-17(14)18(15)12-20/h2-10,21H,11H2,1H3. The number of hydrogen-bond acceptors (Lipinski definition) is 2. The predicted molar refractivity (Wildman–Crippen MR) is 84.3 cm³/mol. The molecule has 3 aromatic carbocycles. The van der Waals surface area contributed by atoms with E-state index < -0.39 is 0 Å². The Hall–Kier alpha value is -2.79. The highest BCUT2D eigenvalue weighted by Gasteiger charge is 2.10. The summed E-state index contributed by atoms with van der Waals surface area (Å²) in [6.07, 6.45) is 0.557. The highest BCUT2D eigenvalue weighted by molar-refractivity contribution is 5.89. The van der Waals surface area contributed by atoms with Crippen LogP contribution in [0.1, 0.15) is 22.3 Å². The second kappa shape index (κ2) is 5.30. The van der Waals surface area contributed by atoms with Crippen molar-refractivity contribution < 1.29 is 5.11 Å². The SMILES string of the molecule is Cc1cccc(Cc2ccc3ccccc3c2C#N)c1O. The van der Waals surface area contributed by atoms with Crippen LogP contribution in [-0.4, -0.2) is 5.11 Å². The summed E-state index contributed by atoms with van der Waals surface area (Å²) in [6.45, 7) is 1.88. The number of fused-ring (bicyclic) bond motifs is 1. The third-order valence-corrected chi connectivity index (χ3v) is 3.83. The molecule has 0 saturated carbocycles. The number of nitriles is 1. The van der Waals surface area contributed by atoms with Crippen molar-refractivity contribution in [2.24, 2.45) is 0 Å². The molecule has 3 aromatic rings. The van der Waals surface area contributed by atoms with E-state index in [0.29, 0.717) is 17.7 Å². The monoisotopic (exact) mass is 273 g/mol. The number of para-hydroxylation sites is 1. The van der Waals surface area contributed by atoms with Gasteiger partial charge in [-0.1, -0.05) is 54.6 Å². The van der Waals surface area contributed by atoms with E-state index >= 15 is 0 Å². The molecule has 102 valence electrons. The number of aromatic hydroxyl groups is 1. The van der Waals surface area contributed by atoms with Crippen molar-refractivity contribution in [3.8, 4) is 11.8 Å². The second-order valence-electron chi connectivity index (χ2n) is 5.19. The Morgan fingerprint density at radius 2 is 1.76 bits per heavy atom. The fraction of sp³-hybridized carbons (Fsp3) is 0.105. The first-order chi connectivity index (χ1) is 10.2. The lowest BCUT2D eigenvalue weighted by Crippen LogP contribution is -1.95. The molecule has 0 radical (unpaired) electrons. The van der Waals surface area contributed by atoms with Crippen molar-refractivity contribution in [1.82, 2.24) is 0 Å². The molecule has 0 aliphatic heterocycles. The quantitative estimate of drug-likeness (QED) is 0.755. The first-order valence-corrected chi connectivity index (χ1v) is 6.89. The normalized spacial score (nSPS) is 10.5. The van der Waals surface area contributed by atoms with Crippen LogP contribution in [0.5, 0.6) is 5.75 Å². The third kappa shape index (κ3) is 2.34. The van der Waals surface area contributed by atoms with Gasteiger partial charge in [-0.15, -0.1) is 0 Å². The van der Waals surface area contributed by atoms with Crippen LogP contribution in [0.3, 0.4) is 0 Å². The average Bonchev–Trinajstić information content (AvgIpc) is 2.51. The van der Waals surface area contributed by atoms with Crippen LogP contribution in [0.4, 0.5) is 0 Å². The van der Waals surface area contributed by atoms with Gasteiger partial charge in [0.2, 0.25) is 0 Å². The maximum atomic E-state index is 10.2. The van der Waals surface area contributed by atoms with Crippen molar-refractivity contribution >= 4 is 10.8 Å². The fourth-order valence-corrected chi connectivity index (χ4v) is 2.66. The minimum absolute atomic E-state index is 0.314. The first-order valence-electron chi connectivity index (χ1n) is 6.89. The summed E-state index contributed by atoms with van der Waals surface area (Å²) < 4.78 is 0. The van der Waals surface area contributed by atoms with Gasteiger partial charge < -0.3 is 5.11 Å². The maximum Gasteiger partial charge on any atom is 0.122 e. The Balaban J connectivity index is 2.13. The summed E-state index contributed by atoms with van der Waals surface area (Å²) in [5.74, 6) is 0.314. The van der Waals surface area contributed by atoms with Crippen LogP contribution in [-0.2, 0) is 6.42 Å². The van der Waals surface area contributed by atoms with Crippen molar-refractivity contribution in [3.63, 3.8) is 0 Å². The van der Waals surface area contributed by atoms with E-state index in [9.17, 15) is 10.4 Å².